The van der Waals surface area contributed by atoms with E-state index in [2.05, 4.69) is 37.3 Å². The third kappa shape index (κ3) is 2.89. The lowest BCUT2D eigenvalue weighted by Gasteiger charge is -2.22. The maximum Gasteiger partial charge on any atom is 0.122 e. The monoisotopic (exact) mass is 287 g/mol. The Bertz CT molecular complexity index is 590. The molecule has 2 N–H and O–H groups in total. The van der Waals surface area contributed by atoms with E-state index >= 15 is 0 Å². The maximum absolute atomic E-state index is 6.19. The summed E-state index contributed by atoms with van der Waals surface area (Å²) in [5, 5.41) is 0. The highest BCUT2D eigenvalue weighted by molar-refractivity contribution is 7.11. The molecule has 1 aromatic carbocycles. The molecule has 0 fully saturated rings. The lowest BCUT2D eigenvalue weighted by molar-refractivity contribution is 0.309. The molecular formula is C17H21NOS. The van der Waals surface area contributed by atoms with Crippen molar-refractivity contribution in [2.45, 2.75) is 45.3 Å². The van der Waals surface area contributed by atoms with Crippen molar-refractivity contribution in [3.05, 3.63) is 51.2 Å². The number of benzene rings is 1. The molecule has 106 valence electrons. The minimum absolute atomic E-state index is 0.177. The van der Waals surface area contributed by atoms with Gasteiger partial charge >= 0.3 is 0 Å². The van der Waals surface area contributed by atoms with Crippen molar-refractivity contribution in [2.75, 3.05) is 0 Å². The number of rotatable bonds is 4. The maximum atomic E-state index is 6.19. The molecule has 0 aliphatic heterocycles. The Morgan fingerprint density at radius 2 is 2.10 bits per heavy atom. The van der Waals surface area contributed by atoms with Crippen molar-refractivity contribution in [2.24, 2.45) is 5.73 Å². The number of thiophene rings is 1. The van der Waals surface area contributed by atoms with E-state index in [1.807, 2.05) is 11.3 Å². The first kappa shape index (κ1) is 13.7. The summed E-state index contributed by atoms with van der Waals surface area (Å²) in [5.41, 5.74) is 8.85. The summed E-state index contributed by atoms with van der Waals surface area (Å²) in [6, 6.07) is 10.9. The SMILES string of the molecule is CCc1ccc(COc2ccc3c(c2)C(N)CCC3)s1. The van der Waals surface area contributed by atoms with Crippen LogP contribution in [0.4, 0.5) is 0 Å². The number of hydrogen-bond donors (Lipinski definition) is 1. The molecule has 1 heterocycles. The van der Waals surface area contributed by atoms with Crippen LogP contribution in [0, 0.1) is 0 Å². The molecule has 3 rings (SSSR count). The van der Waals surface area contributed by atoms with Crippen LogP contribution in [0.2, 0.25) is 0 Å². The Morgan fingerprint density at radius 1 is 1.25 bits per heavy atom. The topological polar surface area (TPSA) is 35.2 Å². The van der Waals surface area contributed by atoms with Gasteiger partial charge in [-0.1, -0.05) is 13.0 Å². The summed E-state index contributed by atoms with van der Waals surface area (Å²) in [5.74, 6) is 0.938. The van der Waals surface area contributed by atoms with Gasteiger partial charge in [-0.2, -0.15) is 0 Å². The van der Waals surface area contributed by atoms with Gasteiger partial charge in [-0.3, -0.25) is 0 Å². The molecule has 0 bridgehead atoms. The average molecular weight is 287 g/mol. The van der Waals surface area contributed by atoms with E-state index in [0.717, 1.165) is 25.0 Å². The summed E-state index contributed by atoms with van der Waals surface area (Å²) in [6.07, 6.45) is 4.52. The van der Waals surface area contributed by atoms with E-state index < -0.39 is 0 Å². The molecule has 0 radical (unpaired) electrons. The molecule has 1 aromatic heterocycles. The number of ether oxygens (including phenoxy) is 1. The quantitative estimate of drug-likeness (QED) is 0.913. The molecule has 20 heavy (non-hydrogen) atoms. The minimum atomic E-state index is 0.177. The van der Waals surface area contributed by atoms with Gasteiger partial charge in [0.2, 0.25) is 0 Å². The zero-order valence-electron chi connectivity index (χ0n) is 11.9. The summed E-state index contributed by atoms with van der Waals surface area (Å²) in [7, 11) is 0. The van der Waals surface area contributed by atoms with Crippen LogP contribution in [0.5, 0.6) is 5.75 Å². The van der Waals surface area contributed by atoms with Crippen molar-refractivity contribution in [1.82, 2.24) is 0 Å². The van der Waals surface area contributed by atoms with Crippen molar-refractivity contribution in [3.8, 4) is 5.75 Å². The third-order valence-electron chi connectivity index (χ3n) is 3.92. The predicted molar refractivity (Wildman–Crippen MR) is 84.3 cm³/mol. The lowest BCUT2D eigenvalue weighted by Crippen LogP contribution is -2.17. The van der Waals surface area contributed by atoms with E-state index in [1.54, 1.807) is 0 Å². The Balaban J connectivity index is 1.70. The molecule has 1 aliphatic carbocycles. The average Bonchev–Trinajstić information content (AvgIpc) is 2.94. The Morgan fingerprint density at radius 3 is 2.90 bits per heavy atom. The molecule has 2 nitrogen and oxygen atoms in total. The van der Waals surface area contributed by atoms with Crippen LogP contribution in [0.15, 0.2) is 30.3 Å². The largest absolute Gasteiger partial charge is 0.488 e. The normalized spacial score (nSPS) is 17.8. The highest BCUT2D eigenvalue weighted by atomic mass is 32.1. The second-order valence-corrected chi connectivity index (χ2v) is 6.62. The van der Waals surface area contributed by atoms with Crippen LogP contribution in [-0.2, 0) is 19.4 Å². The predicted octanol–water partition coefficient (Wildman–Crippen LogP) is 4.23. The van der Waals surface area contributed by atoms with Gasteiger partial charge < -0.3 is 10.5 Å². The highest BCUT2D eigenvalue weighted by Crippen LogP contribution is 2.31. The van der Waals surface area contributed by atoms with Crippen LogP contribution in [-0.4, -0.2) is 0 Å². The van der Waals surface area contributed by atoms with Crippen molar-refractivity contribution in [3.63, 3.8) is 0 Å². The molecular weight excluding hydrogens is 266 g/mol. The van der Waals surface area contributed by atoms with E-state index in [4.69, 9.17) is 10.5 Å². The fourth-order valence-corrected chi connectivity index (χ4v) is 3.62. The molecule has 0 amide bonds. The standard InChI is InChI=1S/C17H21NOS/c1-2-14-8-9-15(20-14)11-19-13-7-6-12-4-3-5-17(18)16(12)10-13/h6-10,17H,2-5,11,18H2,1H3. The fourth-order valence-electron chi connectivity index (χ4n) is 2.75. The van der Waals surface area contributed by atoms with Gasteiger partial charge in [-0.15, -0.1) is 11.3 Å². The second kappa shape index (κ2) is 5.98. The summed E-state index contributed by atoms with van der Waals surface area (Å²) in [4.78, 5) is 2.69. The Labute approximate surface area is 124 Å². The molecule has 1 atom stereocenters. The number of hydrogen-bond acceptors (Lipinski definition) is 3. The highest BCUT2D eigenvalue weighted by Gasteiger charge is 2.17. The van der Waals surface area contributed by atoms with Crippen molar-refractivity contribution in [1.29, 1.82) is 0 Å². The van der Waals surface area contributed by atoms with Gasteiger partial charge in [0, 0.05) is 15.8 Å². The summed E-state index contributed by atoms with van der Waals surface area (Å²) in [6.45, 7) is 2.83. The molecule has 2 aromatic rings. The number of nitrogens with two attached hydrogens (primary N) is 1. The smallest absolute Gasteiger partial charge is 0.122 e. The van der Waals surface area contributed by atoms with Crippen LogP contribution in [0.3, 0.4) is 0 Å². The Kier molecular flexibility index (Phi) is 4.08. The molecule has 1 unspecified atom stereocenters. The van der Waals surface area contributed by atoms with E-state index in [-0.39, 0.29) is 6.04 Å². The van der Waals surface area contributed by atoms with Gasteiger partial charge in [0.15, 0.2) is 0 Å². The first-order valence-electron chi connectivity index (χ1n) is 7.35. The van der Waals surface area contributed by atoms with Crippen LogP contribution >= 0.6 is 11.3 Å². The molecule has 0 saturated carbocycles. The van der Waals surface area contributed by atoms with Crippen molar-refractivity contribution >= 4 is 11.3 Å². The van der Waals surface area contributed by atoms with Gasteiger partial charge in [-0.05, 0) is 61.1 Å². The zero-order valence-corrected chi connectivity index (χ0v) is 12.7. The fraction of sp³-hybridized carbons (Fsp3) is 0.412. The van der Waals surface area contributed by atoms with E-state index in [1.165, 1.54) is 27.3 Å². The van der Waals surface area contributed by atoms with Crippen LogP contribution < -0.4 is 10.5 Å². The van der Waals surface area contributed by atoms with Gasteiger partial charge in [-0.25, -0.2) is 0 Å². The zero-order chi connectivity index (χ0) is 13.9. The van der Waals surface area contributed by atoms with Gasteiger partial charge in [0.05, 0.1) is 0 Å². The van der Waals surface area contributed by atoms with E-state index in [0.29, 0.717) is 6.61 Å². The molecule has 0 spiro atoms. The lowest BCUT2D eigenvalue weighted by atomic mass is 9.88. The van der Waals surface area contributed by atoms with Crippen LogP contribution in [0.1, 0.15) is 46.7 Å². The van der Waals surface area contributed by atoms with Crippen LogP contribution in [0.25, 0.3) is 0 Å². The first-order valence-corrected chi connectivity index (χ1v) is 8.16. The number of aryl methyl sites for hydroxylation is 2. The summed E-state index contributed by atoms with van der Waals surface area (Å²) < 4.78 is 5.92. The second-order valence-electron chi connectivity index (χ2n) is 5.37. The molecule has 1 aliphatic rings. The summed E-state index contributed by atoms with van der Waals surface area (Å²) >= 11 is 1.83. The Hall–Kier alpha value is -1.32. The van der Waals surface area contributed by atoms with Gasteiger partial charge in [0.1, 0.15) is 12.4 Å². The van der Waals surface area contributed by atoms with E-state index in [9.17, 15) is 0 Å². The molecule has 0 saturated heterocycles. The first-order chi connectivity index (χ1) is 9.76. The van der Waals surface area contributed by atoms with Gasteiger partial charge in [0.25, 0.3) is 0 Å². The minimum Gasteiger partial charge on any atom is -0.488 e. The van der Waals surface area contributed by atoms with Crippen molar-refractivity contribution < 1.29 is 4.74 Å². The number of fused-ring (bicyclic) bond motifs is 1. The third-order valence-corrected chi connectivity index (χ3v) is 5.13. The molecule has 3 heteroatoms.